The van der Waals surface area contributed by atoms with E-state index in [9.17, 15) is 13.2 Å². The van der Waals surface area contributed by atoms with E-state index in [0.29, 0.717) is 11.4 Å². The molecule has 1 aliphatic heterocycles. The number of anilines is 1. The zero-order valence-electron chi connectivity index (χ0n) is 15.2. The van der Waals surface area contributed by atoms with Crippen LogP contribution in [0.3, 0.4) is 0 Å². The largest absolute Gasteiger partial charge is 0.495 e. The van der Waals surface area contributed by atoms with Crippen molar-refractivity contribution in [1.82, 2.24) is 4.72 Å². The summed E-state index contributed by atoms with van der Waals surface area (Å²) in [5, 5.41) is 2.63. The number of benzene rings is 1. The molecule has 0 saturated heterocycles. The first-order chi connectivity index (χ1) is 12.3. The molecule has 0 unspecified atom stereocenters. The van der Waals surface area contributed by atoms with Crippen molar-refractivity contribution >= 4 is 34.0 Å². The molecule has 0 spiro atoms. The standard InChI is InChI=1S/C17H25N3O5S.ClH/c1-24-14-8-12-13(25-10-16(21)20-12)9-15(14)26(22,23)19-11-17(18)6-4-2-3-5-7-17;/h8-9,19H,2-7,10-11,18H2,1H3,(H,20,21);1H. The van der Waals surface area contributed by atoms with Gasteiger partial charge in [-0.3, -0.25) is 4.79 Å². The molecule has 0 aromatic heterocycles. The van der Waals surface area contributed by atoms with Crippen molar-refractivity contribution in [1.29, 1.82) is 0 Å². The number of carbonyl (C=O) groups is 1. The third kappa shape index (κ3) is 5.04. The molecule has 4 N–H and O–H groups in total. The second-order valence-corrected chi connectivity index (χ2v) is 8.67. The molecule has 1 fully saturated rings. The van der Waals surface area contributed by atoms with E-state index in [1.807, 2.05) is 0 Å². The number of nitrogens with one attached hydrogen (secondary N) is 2. The number of sulfonamides is 1. The highest BCUT2D eigenvalue weighted by atomic mass is 35.5. The lowest BCUT2D eigenvalue weighted by molar-refractivity contribution is -0.118. The summed E-state index contributed by atoms with van der Waals surface area (Å²) in [4.78, 5) is 11.4. The molecule has 3 rings (SSSR count). The summed E-state index contributed by atoms with van der Waals surface area (Å²) in [6.45, 7) is 0.0192. The first-order valence-electron chi connectivity index (χ1n) is 8.76. The van der Waals surface area contributed by atoms with Gasteiger partial charge in [0.25, 0.3) is 5.91 Å². The average molecular weight is 420 g/mol. The van der Waals surface area contributed by atoms with Crippen LogP contribution in [0.15, 0.2) is 17.0 Å². The average Bonchev–Trinajstić information content (AvgIpc) is 2.84. The van der Waals surface area contributed by atoms with E-state index < -0.39 is 15.6 Å². The van der Waals surface area contributed by atoms with Crippen molar-refractivity contribution in [2.24, 2.45) is 5.73 Å². The summed E-state index contributed by atoms with van der Waals surface area (Å²) in [5.41, 5.74) is 6.26. The number of carbonyl (C=O) groups excluding carboxylic acids is 1. The van der Waals surface area contributed by atoms with Crippen molar-refractivity contribution in [3.63, 3.8) is 0 Å². The molecular formula is C17H26ClN3O5S. The van der Waals surface area contributed by atoms with Gasteiger partial charge in [0.05, 0.1) is 12.8 Å². The van der Waals surface area contributed by atoms with Gasteiger partial charge in [-0.2, -0.15) is 0 Å². The van der Waals surface area contributed by atoms with Crippen LogP contribution in [0, 0.1) is 0 Å². The lowest BCUT2D eigenvalue weighted by Gasteiger charge is -2.28. The highest BCUT2D eigenvalue weighted by Gasteiger charge is 2.31. The van der Waals surface area contributed by atoms with Crippen LogP contribution in [0.4, 0.5) is 5.69 Å². The minimum atomic E-state index is -3.85. The minimum absolute atomic E-state index is 0. The van der Waals surface area contributed by atoms with Crippen molar-refractivity contribution in [3.8, 4) is 11.5 Å². The third-order valence-corrected chi connectivity index (χ3v) is 6.32. The molecule has 2 aliphatic rings. The first kappa shape index (κ1) is 21.7. The molecule has 1 aromatic carbocycles. The van der Waals surface area contributed by atoms with Gasteiger partial charge in [0.15, 0.2) is 6.61 Å². The highest BCUT2D eigenvalue weighted by molar-refractivity contribution is 7.89. The third-order valence-electron chi connectivity index (χ3n) is 4.90. The Labute approximate surface area is 165 Å². The highest BCUT2D eigenvalue weighted by Crippen LogP contribution is 2.37. The normalized spacial score (nSPS) is 19.0. The van der Waals surface area contributed by atoms with Gasteiger partial charge in [0, 0.05) is 24.2 Å². The molecule has 10 heteroatoms. The topological polar surface area (TPSA) is 120 Å². The zero-order chi connectivity index (χ0) is 18.8. The van der Waals surface area contributed by atoms with E-state index in [1.165, 1.54) is 19.2 Å². The van der Waals surface area contributed by atoms with Crippen molar-refractivity contribution in [2.45, 2.75) is 49.0 Å². The summed E-state index contributed by atoms with van der Waals surface area (Å²) >= 11 is 0. The predicted molar refractivity (Wildman–Crippen MR) is 104 cm³/mol. The van der Waals surface area contributed by atoms with E-state index >= 15 is 0 Å². The second kappa shape index (κ2) is 8.64. The fourth-order valence-corrected chi connectivity index (χ4v) is 4.69. The van der Waals surface area contributed by atoms with Gasteiger partial charge >= 0.3 is 0 Å². The Kier molecular flexibility index (Phi) is 6.96. The molecule has 1 aliphatic carbocycles. The van der Waals surface area contributed by atoms with Gasteiger partial charge < -0.3 is 20.5 Å². The van der Waals surface area contributed by atoms with E-state index in [4.69, 9.17) is 15.2 Å². The van der Waals surface area contributed by atoms with Crippen molar-refractivity contribution < 1.29 is 22.7 Å². The van der Waals surface area contributed by atoms with Gasteiger partial charge in [0.1, 0.15) is 16.4 Å². The summed E-state index contributed by atoms with van der Waals surface area (Å²) < 4.78 is 38.8. The monoisotopic (exact) mass is 419 g/mol. The van der Waals surface area contributed by atoms with E-state index in [2.05, 4.69) is 10.0 Å². The Morgan fingerprint density at radius 3 is 2.56 bits per heavy atom. The number of methoxy groups -OCH3 is 1. The van der Waals surface area contributed by atoms with Crippen LogP contribution >= 0.6 is 12.4 Å². The molecule has 1 amide bonds. The second-order valence-electron chi connectivity index (χ2n) is 6.94. The quantitative estimate of drug-likeness (QED) is 0.625. The molecule has 1 saturated carbocycles. The van der Waals surface area contributed by atoms with E-state index in [1.54, 1.807) is 0 Å². The number of fused-ring (bicyclic) bond motifs is 1. The van der Waals surface area contributed by atoms with Crippen LogP contribution in [0.5, 0.6) is 11.5 Å². The fraction of sp³-hybridized carbons (Fsp3) is 0.588. The van der Waals surface area contributed by atoms with Crippen LogP contribution in [-0.2, 0) is 14.8 Å². The Morgan fingerprint density at radius 2 is 1.93 bits per heavy atom. The van der Waals surface area contributed by atoms with Crippen LogP contribution in [0.2, 0.25) is 0 Å². The van der Waals surface area contributed by atoms with Gasteiger partial charge in [-0.1, -0.05) is 25.7 Å². The maximum Gasteiger partial charge on any atom is 0.262 e. The fourth-order valence-electron chi connectivity index (χ4n) is 3.38. The van der Waals surface area contributed by atoms with Gasteiger partial charge in [0.2, 0.25) is 10.0 Å². The van der Waals surface area contributed by atoms with Gasteiger partial charge in [-0.05, 0) is 12.8 Å². The first-order valence-corrected chi connectivity index (χ1v) is 10.2. The van der Waals surface area contributed by atoms with Crippen LogP contribution in [0.25, 0.3) is 0 Å². The number of hydrogen-bond acceptors (Lipinski definition) is 6. The summed E-state index contributed by atoms with van der Waals surface area (Å²) in [7, 11) is -2.47. The van der Waals surface area contributed by atoms with Crippen LogP contribution in [-0.4, -0.2) is 40.1 Å². The lowest BCUT2D eigenvalue weighted by Crippen LogP contribution is -2.49. The minimum Gasteiger partial charge on any atom is -0.495 e. The van der Waals surface area contributed by atoms with Gasteiger partial charge in [-0.25, -0.2) is 13.1 Å². The molecule has 0 bridgehead atoms. The molecule has 0 radical (unpaired) electrons. The lowest BCUT2D eigenvalue weighted by atomic mass is 9.92. The SMILES string of the molecule is COc1cc2c(cc1S(=O)(=O)NCC1(N)CCCCCC1)OCC(=O)N2.Cl. The summed E-state index contributed by atoms with van der Waals surface area (Å²) in [6, 6.07) is 2.82. The number of halogens is 1. The number of rotatable bonds is 5. The molecule has 27 heavy (non-hydrogen) atoms. The van der Waals surface area contributed by atoms with Crippen LogP contribution < -0.4 is 25.2 Å². The smallest absolute Gasteiger partial charge is 0.262 e. The Balaban J connectivity index is 0.00000261. The Hall–Kier alpha value is -1.55. The molecule has 152 valence electrons. The summed E-state index contributed by atoms with van der Waals surface area (Å²) in [6.07, 6.45) is 5.88. The molecule has 1 aromatic rings. The Morgan fingerprint density at radius 1 is 1.26 bits per heavy atom. The van der Waals surface area contributed by atoms with Gasteiger partial charge in [-0.15, -0.1) is 12.4 Å². The van der Waals surface area contributed by atoms with Crippen LogP contribution in [0.1, 0.15) is 38.5 Å². The number of nitrogens with two attached hydrogens (primary N) is 1. The number of amides is 1. The molecular weight excluding hydrogens is 394 g/mol. The zero-order valence-corrected chi connectivity index (χ0v) is 16.9. The molecule has 0 atom stereocenters. The maximum absolute atomic E-state index is 12.8. The number of hydrogen-bond donors (Lipinski definition) is 3. The Bertz CT molecular complexity index is 792. The molecule has 1 heterocycles. The van der Waals surface area contributed by atoms with Crippen molar-refractivity contribution in [2.75, 3.05) is 25.6 Å². The molecule has 8 nitrogen and oxygen atoms in total. The van der Waals surface area contributed by atoms with E-state index in [0.717, 1.165) is 38.5 Å². The predicted octanol–water partition coefficient (Wildman–Crippen LogP) is 1.78. The maximum atomic E-state index is 12.8. The summed E-state index contributed by atoms with van der Waals surface area (Å²) in [5.74, 6) is 0.128. The van der Waals surface area contributed by atoms with E-state index in [-0.39, 0.29) is 42.1 Å². The van der Waals surface area contributed by atoms with Crippen molar-refractivity contribution in [3.05, 3.63) is 12.1 Å². The number of ether oxygens (including phenoxy) is 2.